The number of unbranched alkanes of at least 4 members (excludes halogenated alkanes) is 8. The molecule has 0 rings (SSSR count). The van der Waals surface area contributed by atoms with Gasteiger partial charge in [0.05, 0.1) is 0 Å². The van der Waals surface area contributed by atoms with E-state index in [1.807, 2.05) is 0 Å². The van der Waals surface area contributed by atoms with Gasteiger partial charge in [0.2, 0.25) is 0 Å². The Labute approximate surface area is 176 Å². The van der Waals surface area contributed by atoms with E-state index >= 15 is 0 Å². The molecule has 158 valence electrons. The maximum atomic E-state index is 13.3. The van der Waals surface area contributed by atoms with Crippen molar-refractivity contribution >= 4 is 34.0 Å². The van der Waals surface area contributed by atoms with Crippen LogP contribution in [0.1, 0.15) is 117 Å². The molecule has 4 heteroatoms. The second-order valence-electron chi connectivity index (χ2n) is 7.64. The van der Waals surface area contributed by atoms with Gasteiger partial charge < -0.3 is 0 Å². The van der Waals surface area contributed by atoms with Crippen molar-refractivity contribution in [2.24, 2.45) is 0 Å². The van der Waals surface area contributed by atoms with Gasteiger partial charge in [-0.1, -0.05) is 78.1 Å². The minimum absolute atomic E-state index is 0.339. The monoisotopic (exact) mass is 426 g/mol. The average molecular weight is 428 g/mol. The molecule has 0 aliphatic carbocycles. The fourth-order valence-electron chi connectivity index (χ4n) is 3.59. The minimum atomic E-state index is -0.730. The van der Waals surface area contributed by atoms with Gasteiger partial charge in [0, 0.05) is 33.1 Å². The predicted molar refractivity (Wildman–Crippen MR) is 122 cm³/mol. The molecule has 0 aromatic carbocycles. The first-order valence-corrected chi connectivity index (χ1v) is 13.6. The quantitative estimate of drug-likeness (QED) is 0.141. The molecule has 0 heterocycles. The molecule has 0 aromatic heterocycles. The lowest BCUT2D eigenvalue weighted by Crippen LogP contribution is -2.27. The molecule has 1 nitrogen and oxygen atoms in total. The number of hydrogen-bond acceptors (Lipinski definition) is 1. The SMILES string of the molecule is CCCCCCCC(CCCCl)S(=O)C(CCCCl)CCCCCCC. The number of rotatable bonds is 20. The van der Waals surface area contributed by atoms with Gasteiger partial charge >= 0.3 is 0 Å². The van der Waals surface area contributed by atoms with E-state index in [-0.39, 0.29) is 0 Å². The summed E-state index contributed by atoms with van der Waals surface area (Å²) >= 11 is 11.9. The summed E-state index contributed by atoms with van der Waals surface area (Å²) in [4.78, 5) is 0. The first-order valence-electron chi connectivity index (χ1n) is 11.2. The average Bonchev–Trinajstić information content (AvgIpc) is 2.65. The van der Waals surface area contributed by atoms with Gasteiger partial charge in [-0.3, -0.25) is 4.21 Å². The molecule has 0 radical (unpaired) electrons. The molecular formula is C22H44Cl2OS. The summed E-state index contributed by atoms with van der Waals surface area (Å²) in [6, 6.07) is 0. The molecule has 0 saturated carbocycles. The van der Waals surface area contributed by atoms with Crippen LogP contribution in [0.2, 0.25) is 0 Å². The van der Waals surface area contributed by atoms with Gasteiger partial charge in [0.25, 0.3) is 0 Å². The summed E-state index contributed by atoms with van der Waals surface area (Å²) in [6.45, 7) is 4.50. The molecule has 2 atom stereocenters. The van der Waals surface area contributed by atoms with Crippen LogP contribution in [0.5, 0.6) is 0 Å². The van der Waals surface area contributed by atoms with Gasteiger partial charge in [0.15, 0.2) is 0 Å². The largest absolute Gasteiger partial charge is 0.259 e. The van der Waals surface area contributed by atoms with Crippen LogP contribution in [-0.4, -0.2) is 26.5 Å². The Morgan fingerprint density at radius 3 is 1.27 bits per heavy atom. The van der Waals surface area contributed by atoms with E-state index in [0.29, 0.717) is 22.3 Å². The van der Waals surface area contributed by atoms with E-state index in [1.54, 1.807) is 0 Å². The third kappa shape index (κ3) is 14.7. The van der Waals surface area contributed by atoms with Gasteiger partial charge in [-0.2, -0.15) is 0 Å². The lowest BCUT2D eigenvalue weighted by molar-refractivity contribution is 0.543. The Morgan fingerprint density at radius 2 is 0.923 bits per heavy atom. The summed E-state index contributed by atoms with van der Waals surface area (Å²) in [6.07, 6.45) is 19.1. The van der Waals surface area contributed by atoms with Gasteiger partial charge in [-0.15, -0.1) is 23.2 Å². The fraction of sp³-hybridized carbons (Fsp3) is 1.00. The molecule has 0 fully saturated rings. The van der Waals surface area contributed by atoms with E-state index in [1.165, 1.54) is 64.2 Å². The van der Waals surface area contributed by atoms with Crippen LogP contribution in [0.4, 0.5) is 0 Å². The van der Waals surface area contributed by atoms with Gasteiger partial charge in [-0.05, 0) is 38.5 Å². The zero-order chi connectivity index (χ0) is 19.5. The highest BCUT2D eigenvalue weighted by Gasteiger charge is 2.24. The van der Waals surface area contributed by atoms with Crippen molar-refractivity contribution in [3.63, 3.8) is 0 Å². The zero-order valence-corrected chi connectivity index (χ0v) is 19.8. The second-order valence-corrected chi connectivity index (χ2v) is 10.4. The van der Waals surface area contributed by atoms with Crippen LogP contribution in [-0.2, 0) is 10.8 Å². The third-order valence-corrected chi connectivity index (χ3v) is 8.03. The highest BCUT2D eigenvalue weighted by molar-refractivity contribution is 7.86. The molecule has 0 aromatic rings. The highest BCUT2D eigenvalue weighted by Crippen LogP contribution is 2.24. The molecule has 0 amide bonds. The standard InChI is InChI=1S/C22H44Cl2OS/c1-3-5-7-9-11-15-21(17-13-19-23)26(25)22(18-14-20-24)16-12-10-8-6-4-2/h21-22H,3-20H2,1-2H3. The van der Waals surface area contributed by atoms with Crippen molar-refractivity contribution < 1.29 is 4.21 Å². The van der Waals surface area contributed by atoms with E-state index in [9.17, 15) is 4.21 Å². The Balaban J connectivity index is 4.53. The Bertz CT molecular complexity index is 285. The van der Waals surface area contributed by atoms with Crippen LogP contribution in [0.15, 0.2) is 0 Å². The van der Waals surface area contributed by atoms with Crippen molar-refractivity contribution in [3.05, 3.63) is 0 Å². The Kier molecular flexibility index (Phi) is 21.0. The number of hydrogen-bond donors (Lipinski definition) is 0. The smallest absolute Gasteiger partial charge is 0.0351 e. The molecule has 0 aliphatic rings. The van der Waals surface area contributed by atoms with Crippen molar-refractivity contribution in [1.29, 1.82) is 0 Å². The highest BCUT2D eigenvalue weighted by atomic mass is 35.5. The summed E-state index contributed by atoms with van der Waals surface area (Å²) < 4.78 is 13.3. The third-order valence-electron chi connectivity index (χ3n) is 5.24. The number of halogens is 2. The van der Waals surface area contributed by atoms with E-state index in [0.717, 1.165) is 38.5 Å². The zero-order valence-electron chi connectivity index (χ0n) is 17.5. The first kappa shape index (κ1) is 26.7. The minimum Gasteiger partial charge on any atom is -0.259 e. The molecule has 0 spiro atoms. The topological polar surface area (TPSA) is 17.1 Å². The van der Waals surface area contributed by atoms with E-state index in [4.69, 9.17) is 23.2 Å². The van der Waals surface area contributed by atoms with Gasteiger partial charge in [0.1, 0.15) is 0 Å². The van der Waals surface area contributed by atoms with Crippen molar-refractivity contribution in [2.45, 2.75) is 127 Å². The molecule has 0 aliphatic heterocycles. The van der Waals surface area contributed by atoms with Crippen molar-refractivity contribution in [2.75, 3.05) is 11.8 Å². The first-order chi connectivity index (χ1) is 12.7. The summed E-state index contributed by atoms with van der Waals surface area (Å²) in [5, 5.41) is 0.678. The van der Waals surface area contributed by atoms with Crippen molar-refractivity contribution in [3.8, 4) is 0 Å². The Morgan fingerprint density at radius 1 is 0.577 bits per heavy atom. The predicted octanol–water partition coefficient (Wildman–Crippen LogP) is 8.23. The van der Waals surface area contributed by atoms with Crippen LogP contribution in [0, 0.1) is 0 Å². The number of alkyl halides is 2. The van der Waals surface area contributed by atoms with Crippen LogP contribution in [0.25, 0.3) is 0 Å². The lowest BCUT2D eigenvalue weighted by atomic mass is 10.1. The van der Waals surface area contributed by atoms with Gasteiger partial charge in [-0.25, -0.2) is 0 Å². The summed E-state index contributed by atoms with van der Waals surface area (Å²) in [7, 11) is -0.730. The lowest BCUT2D eigenvalue weighted by Gasteiger charge is -2.23. The molecule has 0 N–H and O–H groups in total. The fourth-order valence-corrected chi connectivity index (χ4v) is 6.04. The van der Waals surface area contributed by atoms with Crippen LogP contribution >= 0.6 is 23.2 Å². The van der Waals surface area contributed by atoms with Crippen molar-refractivity contribution in [1.82, 2.24) is 0 Å². The van der Waals surface area contributed by atoms with E-state index < -0.39 is 10.8 Å². The van der Waals surface area contributed by atoms with E-state index in [2.05, 4.69) is 13.8 Å². The Hall–Kier alpha value is 0.730. The molecule has 26 heavy (non-hydrogen) atoms. The molecule has 0 saturated heterocycles. The summed E-state index contributed by atoms with van der Waals surface area (Å²) in [5.74, 6) is 1.37. The summed E-state index contributed by atoms with van der Waals surface area (Å²) in [5.41, 5.74) is 0. The maximum absolute atomic E-state index is 13.3. The molecular weight excluding hydrogens is 383 g/mol. The molecule has 0 bridgehead atoms. The second kappa shape index (κ2) is 20.5. The normalized spacial score (nSPS) is 15.1. The molecule has 2 unspecified atom stereocenters. The van der Waals surface area contributed by atoms with Crippen LogP contribution < -0.4 is 0 Å². The maximum Gasteiger partial charge on any atom is 0.0351 e. The van der Waals surface area contributed by atoms with Crippen LogP contribution in [0.3, 0.4) is 0 Å².